The molecule has 2 amide bonds. The molecule has 2 aromatic carbocycles. The Morgan fingerprint density at radius 1 is 1.06 bits per heavy atom. The van der Waals surface area contributed by atoms with Crippen LogP contribution in [0.25, 0.3) is 0 Å². The first-order chi connectivity index (χ1) is 16.2. The summed E-state index contributed by atoms with van der Waals surface area (Å²) in [5, 5.41) is 3.19. The Morgan fingerprint density at radius 2 is 1.71 bits per heavy atom. The molecule has 0 saturated heterocycles. The fourth-order valence-electron chi connectivity index (χ4n) is 3.39. The van der Waals surface area contributed by atoms with E-state index in [2.05, 4.69) is 5.32 Å². The number of rotatable bonds is 10. The summed E-state index contributed by atoms with van der Waals surface area (Å²) in [7, 11) is -3.97. The number of carbonyl (C=O) groups excluding carboxylic acids is 2. The van der Waals surface area contributed by atoms with Crippen LogP contribution in [0.2, 0.25) is 15.1 Å². The molecule has 0 unspecified atom stereocenters. The quantitative estimate of drug-likeness (QED) is 0.444. The predicted molar refractivity (Wildman–Crippen MR) is 138 cm³/mol. The van der Waals surface area contributed by atoms with Gasteiger partial charge in [0, 0.05) is 22.6 Å². The van der Waals surface area contributed by atoms with Crippen LogP contribution >= 0.6 is 34.8 Å². The van der Waals surface area contributed by atoms with E-state index < -0.39 is 40.2 Å². The maximum atomic E-state index is 13.7. The molecule has 0 fully saturated rings. The number of carbonyl (C=O) groups is 2. The molecule has 2 rings (SSSR count). The molecule has 0 heterocycles. The fourth-order valence-corrected chi connectivity index (χ4v) is 4.87. The monoisotopic (exact) mass is 565 g/mol. The summed E-state index contributed by atoms with van der Waals surface area (Å²) in [5.74, 6) is -1.78. The van der Waals surface area contributed by atoms with Crippen molar-refractivity contribution in [3.63, 3.8) is 0 Å². The second-order valence-corrected chi connectivity index (χ2v) is 11.4. The maximum Gasteiger partial charge on any atom is 0.244 e. The first-order valence-corrected chi connectivity index (χ1v) is 13.7. The van der Waals surface area contributed by atoms with E-state index in [9.17, 15) is 22.4 Å². The normalized spacial score (nSPS) is 12.4. The maximum absolute atomic E-state index is 13.7. The lowest BCUT2D eigenvalue weighted by Gasteiger charge is -2.33. The number of halogens is 4. The van der Waals surface area contributed by atoms with Gasteiger partial charge in [-0.1, -0.05) is 47.8 Å². The SMILES string of the molecule is CC[C@@H](C(=O)NC(C)C)N(Cc1ccc(Cl)cc1Cl)C(=O)CN(c1ccc(F)c(Cl)c1)S(C)(=O)=O. The minimum Gasteiger partial charge on any atom is -0.352 e. The third-order valence-corrected chi connectivity index (χ3v) is 7.06. The second-order valence-electron chi connectivity index (χ2n) is 8.21. The van der Waals surface area contributed by atoms with Gasteiger partial charge in [-0.15, -0.1) is 0 Å². The molecule has 0 aromatic heterocycles. The lowest BCUT2D eigenvalue weighted by atomic mass is 10.1. The number of nitrogens with zero attached hydrogens (tertiary/aromatic N) is 2. The molecular weight excluding hydrogens is 540 g/mol. The van der Waals surface area contributed by atoms with E-state index in [1.807, 2.05) is 0 Å². The highest BCUT2D eigenvalue weighted by atomic mass is 35.5. The topological polar surface area (TPSA) is 86.8 Å². The van der Waals surface area contributed by atoms with E-state index in [1.165, 1.54) is 17.0 Å². The Balaban J connectivity index is 2.50. The Labute approximate surface area is 220 Å². The van der Waals surface area contributed by atoms with Crippen molar-refractivity contribution in [3.05, 3.63) is 62.8 Å². The predicted octanol–water partition coefficient (Wildman–Crippen LogP) is 4.88. The van der Waals surface area contributed by atoms with Crippen molar-refractivity contribution < 1.29 is 22.4 Å². The molecule has 1 N–H and O–H groups in total. The van der Waals surface area contributed by atoms with Crippen LogP contribution in [0.15, 0.2) is 36.4 Å². The van der Waals surface area contributed by atoms with Crippen LogP contribution in [0.4, 0.5) is 10.1 Å². The van der Waals surface area contributed by atoms with E-state index in [4.69, 9.17) is 34.8 Å². The van der Waals surface area contributed by atoms with E-state index in [1.54, 1.807) is 32.9 Å². The molecular formula is C23H27Cl3FN3O4S. The van der Waals surface area contributed by atoms with Crippen molar-refractivity contribution >= 4 is 62.3 Å². The summed E-state index contributed by atoms with van der Waals surface area (Å²) in [6.45, 7) is 4.60. The van der Waals surface area contributed by atoms with Gasteiger partial charge in [0.2, 0.25) is 21.8 Å². The van der Waals surface area contributed by atoms with Crippen LogP contribution in [-0.2, 0) is 26.2 Å². The van der Waals surface area contributed by atoms with Crippen LogP contribution in [0.1, 0.15) is 32.8 Å². The highest BCUT2D eigenvalue weighted by molar-refractivity contribution is 7.92. The van der Waals surface area contributed by atoms with Gasteiger partial charge >= 0.3 is 0 Å². The molecule has 0 radical (unpaired) electrons. The average molecular weight is 567 g/mol. The Bertz CT molecular complexity index is 1190. The van der Waals surface area contributed by atoms with Crippen molar-refractivity contribution in [1.29, 1.82) is 0 Å². The number of anilines is 1. The fraction of sp³-hybridized carbons (Fsp3) is 0.391. The summed E-state index contributed by atoms with van der Waals surface area (Å²) in [6.07, 6.45) is 1.18. The van der Waals surface area contributed by atoms with Crippen LogP contribution in [0.3, 0.4) is 0 Å². The van der Waals surface area contributed by atoms with Crippen molar-refractivity contribution in [2.75, 3.05) is 17.1 Å². The second kappa shape index (κ2) is 12.3. The largest absolute Gasteiger partial charge is 0.352 e. The standard InChI is InChI=1S/C23H27Cl3FN3O4S/c1-5-21(23(32)28-14(2)3)29(12-15-6-7-16(24)10-18(15)25)22(31)13-30(35(4,33)34)17-8-9-20(27)19(26)11-17/h6-11,14,21H,5,12-13H2,1-4H3,(H,28,32)/t21-/m0/s1. The molecule has 2 aromatic rings. The molecule has 192 valence electrons. The minimum atomic E-state index is -3.97. The van der Waals surface area contributed by atoms with E-state index in [0.717, 1.165) is 22.7 Å². The highest BCUT2D eigenvalue weighted by Crippen LogP contribution is 2.27. The third kappa shape index (κ3) is 7.96. The summed E-state index contributed by atoms with van der Waals surface area (Å²) in [6, 6.07) is 7.00. The molecule has 0 bridgehead atoms. The minimum absolute atomic E-state index is 0.0106. The lowest BCUT2D eigenvalue weighted by Crippen LogP contribution is -2.53. The summed E-state index contributed by atoms with van der Waals surface area (Å²) < 4.78 is 39.6. The zero-order valence-corrected chi connectivity index (χ0v) is 22.8. The van der Waals surface area contributed by atoms with Crippen LogP contribution in [0.5, 0.6) is 0 Å². The number of sulfonamides is 1. The molecule has 12 heteroatoms. The first kappa shape index (κ1) is 29.2. The molecule has 1 atom stereocenters. The molecule has 0 spiro atoms. The summed E-state index contributed by atoms with van der Waals surface area (Å²) in [5.41, 5.74) is 0.535. The Hall–Kier alpha value is -2.07. The number of hydrogen-bond donors (Lipinski definition) is 1. The van der Waals surface area contributed by atoms with Gasteiger partial charge in [-0.05, 0) is 56.2 Å². The number of hydrogen-bond acceptors (Lipinski definition) is 4. The molecule has 7 nitrogen and oxygen atoms in total. The van der Waals surface area contributed by atoms with E-state index >= 15 is 0 Å². The Morgan fingerprint density at radius 3 is 2.23 bits per heavy atom. The van der Waals surface area contributed by atoms with Crippen molar-refractivity contribution in [1.82, 2.24) is 10.2 Å². The van der Waals surface area contributed by atoms with E-state index in [-0.39, 0.29) is 29.7 Å². The zero-order chi connectivity index (χ0) is 26.5. The van der Waals surface area contributed by atoms with Gasteiger partial charge in [0.25, 0.3) is 0 Å². The molecule has 0 aliphatic heterocycles. The molecule has 0 saturated carbocycles. The lowest BCUT2D eigenvalue weighted by molar-refractivity contribution is -0.140. The van der Waals surface area contributed by atoms with Crippen molar-refractivity contribution in [2.45, 2.75) is 45.8 Å². The molecule has 0 aliphatic rings. The highest BCUT2D eigenvalue weighted by Gasteiger charge is 2.32. The average Bonchev–Trinajstić information content (AvgIpc) is 2.74. The third-order valence-electron chi connectivity index (χ3n) is 5.04. The molecule has 35 heavy (non-hydrogen) atoms. The van der Waals surface area contributed by atoms with Gasteiger partial charge in [0.15, 0.2) is 0 Å². The van der Waals surface area contributed by atoms with Gasteiger partial charge in [0.1, 0.15) is 18.4 Å². The van der Waals surface area contributed by atoms with Crippen LogP contribution in [0, 0.1) is 5.82 Å². The van der Waals surface area contributed by atoms with Crippen LogP contribution < -0.4 is 9.62 Å². The van der Waals surface area contributed by atoms with Crippen molar-refractivity contribution in [2.24, 2.45) is 0 Å². The summed E-state index contributed by atoms with van der Waals surface area (Å²) >= 11 is 18.1. The van der Waals surface area contributed by atoms with Gasteiger partial charge in [-0.2, -0.15) is 0 Å². The van der Waals surface area contributed by atoms with Gasteiger partial charge < -0.3 is 10.2 Å². The zero-order valence-electron chi connectivity index (χ0n) is 19.7. The number of nitrogens with one attached hydrogen (secondary N) is 1. The van der Waals surface area contributed by atoms with Gasteiger partial charge in [-0.25, -0.2) is 12.8 Å². The number of benzene rings is 2. The Kier molecular flexibility index (Phi) is 10.2. The van der Waals surface area contributed by atoms with Gasteiger partial charge in [-0.3, -0.25) is 13.9 Å². The van der Waals surface area contributed by atoms with Gasteiger partial charge in [0.05, 0.1) is 17.0 Å². The summed E-state index contributed by atoms with van der Waals surface area (Å²) in [4.78, 5) is 27.8. The van der Waals surface area contributed by atoms with E-state index in [0.29, 0.717) is 15.6 Å². The smallest absolute Gasteiger partial charge is 0.244 e. The first-order valence-electron chi connectivity index (χ1n) is 10.7. The van der Waals surface area contributed by atoms with Crippen molar-refractivity contribution in [3.8, 4) is 0 Å². The van der Waals surface area contributed by atoms with Crippen LogP contribution in [-0.4, -0.2) is 50.0 Å². The number of amides is 2. The molecule has 0 aliphatic carbocycles.